The third-order valence-corrected chi connectivity index (χ3v) is 5.17. The van der Waals surface area contributed by atoms with Gasteiger partial charge in [-0.2, -0.15) is 5.26 Å². The van der Waals surface area contributed by atoms with Crippen molar-refractivity contribution in [2.75, 3.05) is 14.2 Å². The molecule has 0 N–H and O–H groups in total. The smallest absolute Gasteiger partial charge is 0.141 e. The van der Waals surface area contributed by atoms with Crippen LogP contribution in [0.4, 0.5) is 0 Å². The van der Waals surface area contributed by atoms with Crippen LogP contribution in [-0.4, -0.2) is 24.2 Å². The molecule has 5 nitrogen and oxygen atoms in total. The lowest BCUT2D eigenvalue weighted by Gasteiger charge is -2.16. The molecule has 0 aliphatic rings. The molecule has 0 unspecified atom stereocenters. The number of halogens is 3. The van der Waals surface area contributed by atoms with Crippen LogP contribution in [0, 0.1) is 11.3 Å². The van der Waals surface area contributed by atoms with Gasteiger partial charge in [0, 0.05) is 22.5 Å². The number of nitrogens with zero attached hydrogens (tertiary/aromatic N) is 3. The Balaban J connectivity index is 2.42. The Labute approximate surface area is 168 Å². The normalized spacial score (nSPS) is 10.6. The van der Waals surface area contributed by atoms with Crippen LogP contribution < -0.4 is 9.47 Å². The lowest BCUT2D eigenvalue weighted by molar-refractivity contribution is 0.395. The minimum absolute atomic E-state index is 0.329. The van der Waals surface area contributed by atoms with Crippen LogP contribution in [0.3, 0.4) is 0 Å². The molecule has 1 aromatic heterocycles. The Morgan fingerprint density at radius 1 is 1.12 bits per heavy atom. The fourth-order valence-electron chi connectivity index (χ4n) is 2.61. The molecule has 0 atom stereocenters. The van der Waals surface area contributed by atoms with Gasteiger partial charge in [-0.05, 0) is 6.07 Å². The molecule has 0 aliphatic carbocycles. The van der Waals surface area contributed by atoms with Crippen molar-refractivity contribution in [2.45, 2.75) is 5.33 Å². The van der Waals surface area contributed by atoms with Crippen molar-refractivity contribution >= 4 is 50.2 Å². The Bertz CT molecular complexity index is 1020. The van der Waals surface area contributed by atoms with Crippen LogP contribution in [0.2, 0.25) is 10.0 Å². The molecule has 0 amide bonds. The van der Waals surface area contributed by atoms with Gasteiger partial charge in [-0.1, -0.05) is 45.2 Å². The zero-order valence-corrected chi connectivity index (χ0v) is 16.9. The highest BCUT2D eigenvalue weighted by molar-refractivity contribution is 9.08. The summed E-state index contributed by atoms with van der Waals surface area (Å²) >= 11 is 16.4. The topological polar surface area (TPSA) is 68.0 Å². The summed E-state index contributed by atoms with van der Waals surface area (Å²) in [6.07, 6.45) is 1.64. The maximum Gasteiger partial charge on any atom is 0.141 e. The van der Waals surface area contributed by atoms with Crippen LogP contribution in [0.15, 0.2) is 24.4 Å². The summed E-state index contributed by atoms with van der Waals surface area (Å²) in [5.41, 5.74) is 3.29. The van der Waals surface area contributed by atoms with Gasteiger partial charge in [0.1, 0.15) is 23.1 Å². The van der Waals surface area contributed by atoms with Gasteiger partial charge in [0.2, 0.25) is 0 Å². The highest BCUT2D eigenvalue weighted by Gasteiger charge is 2.22. The molecule has 2 aromatic carbocycles. The maximum absolute atomic E-state index is 9.41. The third-order valence-electron chi connectivity index (χ3n) is 3.85. The molecule has 0 spiro atoms. The minimum Gasteiger partial charge on any atom is -0.495 e. The quantitative estimate of drug-likeness (QED) is 0.496. The number of nitriles is 1. The van der Waals surface area contributed by atoms with E-state index in [4.69, 9.17) is 32.7 Å². The number of rotatable bonds is 4. The van der Waals surface area contributed by atoms with E-state index >= 15 is 0 Å². The fourth-order valence-corrected chi connectivity index (χ4v) is 3.59. The Kier molecular flexibility index (Phi) is 5.52. The van der Waals surface area contributed by atoms with Gasteiger partial charge >= 0.3 is 0 Å². The number of methoxy groups -OCH3 is 2. The molecular weight excluding hydrogens is 441 g/mol. The Morgan fingerprint density at radius 2 is 1.77 bits per heavy atom. The van der Waals surface area contributed by atoms with Crippen molar-refractivity contribution in [3.05, 3.63) is 45.7 Å². The van der Waals surface area contributed by atoms with Gasteiger partial charge in [0.15, 0.2) is 0 Å². The van der Waals surface area contributed by atoms with Gasteiger partial charge in [-0.25, -0.2) is 4.98 Å². The third kappa shape index (κ3) is 3.07. The van der Waals surface area contributed by atoms with Crippen molar-refractivity contribution in [1.29, 1.82) is 5.26 Å². The second kappa shape index (κ2) is 7.67. The second-order valence-corrected chi connectivity index (χ2v) is 6.57. The zero-order chi connectivity index (χ0) is 18.8. The monoisotopic (exact) mass is 451 g/mol. The molecule has 0 saturated carbocycles. The summed E-state index contributed by atoms with van der Waals surface area (Å²) in [4.78, 5) is 9.00. The first-order chi connectivity index (χ1) is 12.5. The van der Waals surface area contributed by atoms with E-state index in [0.717, 1.165) is 0 Å². The molecule has 0 saturated heterocycles. The van der Waals surface area contributed by atoms with Crippen LogP contribution in [0.1, 0.15) is 11.3 Å². The van der Waals surface area contributed by atoms with Crippen molar-refractivity contribution in [3.8, 4) is 28.7 Å². The van der Waals surface area contributed by atoms with Crippen molar-refractivity contribution in [3.63, 3.8) is 0 Å². The van der Waals surface area contributed by atoms with Crippen molar-refractivity contribution in [2.24, 2.45) is 0 Å². The second-order valence-electron chi connectivity index (χ2n) is 5.25. The van der Waals surface area contributed by atoms with E-state index < -0.39 is 0 Å². The average Bonchev–Trinajstić information content (AvgIpc) is 2.67. The van der Waals surface area contributed by atoms with E-state index in [1.165, 1.54) is 14.2 Å². The number of fused-ring (bicyclic) bond motifs is 1. The fraction of sp³-hybridized carbons (Fsp3) is 0.167. The SMILES string of the molecule is COc1cc(OC)c(Cl)c(-c2ccc(C#N)c3nc(CBr)cnc23)c1Cl. The number of aromatic nitrogens is 2. The van der Waals surface area contributed by atoms with E-state index in [1.807, 2.05) is 0 Å². The zero-order valence-electron chi connectivity index (χ0n) is 13.8. The van der Waals surface area contributed by atoms with Crippen LogP contribution in [0.5, 0.6) is 11.5 Å². The minimum atomic E-state index is 0.329. The maximum atomic E-state index is 9.41. The molecule has 1 heterocycles. The number of alkyl halides is 1. The van der Waals surface area contributed by atoms with Crippen LogP contribution in [0.25, 0.3) is 22.2 Å². The Morgan fingerprint density at radius 3 is 2.31 bits per heavy atom. The standard InChI is InChI=1S/C18H12BrCl2N3O2/c1-25-12-5-13(26-2)16(21)14(15(12)20)11-4-3-9(7-22)17-18(11)23-8-10(6-19)24-17/h3-5,8H,6H2,1-2H3. The molecule has 26 heavy (non-hydrogen) atoms. The summed E-state index contributed by atoms with van der Waals surface area (Å²) in [5.74, 6) is 0.843. The van der Waals surface area contributed by atoms with E-state index in [0.29, 0.717) is 60.3 Å². The average molecular weight is 453 g/mol. The number of hydrogen-bond donors (Lipinski definition) is 0. The van der Waals surface area contributed by atoms with Crippen LogP contribution >= 0.6 is 39.1 Å². The van der Waals surface area contributed by atoms with Crippen molar-refractivity contribution in [1.82, 2.24) is 9.97 Å². The van der Waals surface area contributed by atoms with Gasteiger partial charge < -0.3 is 9.47 Å². The summed E-state index contributed by atoms with van der Waals surface area (Å²) in [7, 11) is 3.02. The van der Waals surface area contributed by atoms with Gasteiger partial charge in [0.25, 0.3) is 0 Å². The summed E-state index contributed by atoms with van der Waals surface area (Å²) in [6.45, 7) is 0. The lowest BCUT2D eigenvalue weighted by atomic mass is 10.00. The van der Waals surface area contributed by atoms with E-state index in [9.17, 15) is 5.26 Å². The van der Waals surface area contributed by atoms with Crippen LogP contribution in [-0.2, 0) is 5.33 Å². The lowest BCUT2D eigenvalue weighted by Crippen LogP contribution is -1.97. The molecule has 3 aromatic rings. The van der Waals surface area contributed by atoms with Crippen molar-refractivity contribution < 1.29 is 9.47 Å². The summed E-state index contributed by atoms with van der Waals surface area (Å²) in [5, 5.41) is 10.6. The highest BCUT2D eigenvalue weighted by atomic mass is 79.9. The summed E-state index contributed by atoms with van der Waals surface area (Å²) < 4.78 is 10.7. The van der Waals surface area contributed by atoms with Gasteiger partial charge in [-0.15, -0.1) is 0 Å². The molecule has 0 bridgehead atoms. The number of hydrogen-bond acceptors (Lipinski definition) is 5. The van der Waals surface area contributed by atoms with E-state index in [-0.39, 0.29) is 0 Å². The number of ether oxygens (including phenoxy) is 2. The molecule has 0 aliphatic heterocycles. The largest absolute Gasteiger partial charge is 0.495 e. The number of benzene rings is 2. The predicted octanol–water partition coefficient (Wildman–Crippen LogP) is 5.39. The first-order valence-corrected chi connectivity index (χ1v) is 9.28. The van der Waals surface area contributed by atoms with Gasteiger partial charge in [0.05, 0.1) is 47.2 Å². The van der Waals surface area contributed by atoms with E-state index in [2.05, 4.69) is 32.0 Å². The first kappa shape index (κ1) is 18.7. The first-order valence-electron chi connectivity index (χ1n) is 7.40. The molecule has 132 valence electrons. The van der Waals surface area contributed by atoms with E-state index in [1.54, 1.807) is 24.4 Å². The predicted molar refractivity (Wildman–Crippen MR) is 105 cm³/mol. The molecule has 0 fully saturated rings. The highest BCUT2D eigenvalue weighted by Crippen LogP contribution is 2.47. The molecule has 8 heteroatoms. The van der Waals surface area contributed by atoms with Gasteiger partial charge in [-0.3, -0.25) is 4.98 Å². The molecule has 0 radical (unpaired) electrons. The summed E-state index contributed by atoms with van der Waals surface area (Å²) in [6, 6.07) is 7.18. The Hall–Kier alpha value is -2.07. The molecular formula is C18H12BrCl2N3O2. The molecule has 3 rings (SSSR count).